The SMILES string of the molecule is Nc1nc(NCCO)cc(Nc2nccc3ccccc23)n1. The van der Waals surface area contributed by atoms with Crippen molar-refractivity contribution >= 4 is 34.2 Å². The monoisotopic (exact) mass is 296 g/mol. The fraction of sp³-hybridized carbons (Fsp3) is 0.133. The summed E-state index contributed by atoms with van der Waals surface area (Å²) in [6, 6.07) is 11.6. The van der Waals surface area contributed by atoms with E-state index >= 15 is 0 Å². The van der Waals surface area contributed by atoms with Crippen LogP contribution in [-0.2, 0) is 0 Å². The Labute approximate surface area is 127 Å². The Morgan fingerprint density at radius 3 is 2.77 bits per heavy atom. The summed E-state index contributed by atoms with van der Waals surface area (Å²) in [7, 11) is 0. The molecule has 0 aliphatic heterocycles. The summed E-state index contributed by atoms with van der Waals surface area (Å²) in [6.45, 7) is 0.403. The average Bonchev–Trinajstić information content (AvgIpc) is 2.53. The third-order valence-electron chi connectivity index (χ3n) is 3.08. The highest BCUT2D eigenvalue weighted by atomic mass is 16.3. The molecule has 0 fully saturated rings. The van der Waals surface area contributed by atoms with E-state index < -0.39 is 0 Å². The number of hydrogen-bond acceptors (Lipinski definition) is 7. The van der Waals surface area contributed by atoms with Crippen LogP contribution in [0.25, 0.3) is 10.8 Å². The summed E-state index contributed by atoms with van der Waals surface area (Å²) in [6.07, 6.45) is 1.74. The third kappa shape index (κ3) is 3.04. The van der Waals surface area contributed by atoms with Gasteiger partial charge in [-0.3, -0.25) is 0 Å². The molecule has 0 bridgehead atoms. The quantitative estimate of drug-likeness (QED) is 0.568. The third-order valence-corrected chi connectivity index (χ3v) is 3.08. The topological polar surface area (TPSA) is 109 Å². The standard InChI is InChI=1S/C15H16N6O/c16-15-20-12(17-7-8-22)9-13(21-15)19-14-11-4-2-1-3-10(11)5-6-18-14/h1-6,9,22H,7-8H2,(H4,16,17,18,19,20,21). The van der Waals surface area contributed by atoms with Crippen LogP contribution in [0.3, 0.4) is 0 Å². The van der Waals surface area contributed by atoms with E-state index in [2.05, 4.69) is 25.6 Å². The van der Waals surface area contributed by atoms with Gasteiger partial charge >= 0.3 is 0 Å². The smallest absolute Gasteiger partial charge is 0.223 e. The van der Waals surface area contributed by atoms with Crippen LogP contribution in [0.2, 0.25) is 0 Å². The molecule has 0 unspecified atom stereocenters. The first-order chi connectivity index (χ1) is 10.8. The zero-order chi connectivity index (χ0) is 15.4. The second-order valence-electron chi connectivity index (χ2n) is 4.65. The lowest BCUT2D eigenvalue weighted by Gasteiger charge is -2.10. The lowest BCUT2D eigenvalue weighted by atomic mass is 10.1. The average molecular weight is 296 g/mol. The summed E-state index contributed by atoms with van der Waals surface area (Å²) >= 11 is 0. The van der Waals surface area contributed by atoms with E-state index in [1.54, 1.807) is 12.3 Å². The van der Waals surface area contributed by atoms with Gasteiger partial charge in [-0.25, -0.2) is 4.98 Å². The minimum Gasteiger partial charge on any atom is -0.395 e. The van der Waals surface area contributed by atoms with Crippen molar-refractivity contribution in [2.75, 3.05) is 29.5 Å². The maximum Gasteiger partial charge on any atom is 0.223 e. The first-order valence-electron chi connectivity index (χ1n) is 6.86. The molecule has 0 aliphatic rings. The van der Waals surface area contributed by atoms with Gasteiger partial charge < -0.3 is 21.5 Å². The highest BCUT2D eigenvalue weighted by molar-refractivity contribution is 5.92. The van der Waals surface area contributed by atoms with E-state index in [0.29, 0.717) is 24.0 Å². The summed E-state index contributed by atoms with van der Waals surface area (Å²) in [4.78, 5) is 12.6. The molecule has 7 heteroatoms. The molecule has 7 nitrogen and oxygen atoms in total. The van der Waals surface area contributed by atoms with Crippen LogP contribution < -0.4 is 16.4 Å². The molecule has 0 spiro atoms. The number of nitrogens with one attached hydrogen (secondary N) is 2. The van der Waals surface area contributed by atoms with E-state index in [-0.39, 0.29) is 12.6 Å². The molecular formula is C15H16N6O. The summed E-state index contributed by atoms with van der Waals surface area (Å²) < 4.78 is 0. The van der Waals surface area contributed by atoms with E-state index in [1.807, 2.05) is 30.3 Å². The number of hydrogen-bond donors (Lipinski definition) is 4. The van der Waals surface area contributed by atoms with Crippen LogP contribution in [-0.4, -0.2) is 33.2 Å². The number of nitrogen functional groups attached to an aromatic ring is 1. The van der Waals surface area contributed by atoms with Crippen LogP contribution in [0.1, 0.15) is 0 Å². The number of fused-ring (bicyclic) bond motifs is 1. The van der Waals surface area contributed by atoms with E-state index in [4.69, 9.17) is 10.8 Å². The molecule has 0 saturated carbocycles. The van der Waals surface area contributed by atoms with Crippen LogP contribution in [0.15, 0.2) is 42.6 Å². The van der Waals surface area contributed by atoms with Crippen LogP contribution >= 0.6 is 0 Å². The van der Waals surface area contributed by atoms with Crippen molar-refractivity contribution in [2.45, 2.75) is 0 Å². The fourth-order valence-electron chi connectivity index (χ4n) is 2.15. The molecule has 0 amide bonds. The van der Waals surface area contributed by atoms with Crippen molar-refractivity contribution in [1.82, 2.24) is 15.0 Å². The Morgan fingerprint density at radius 1 is 1.09 bits per heavy atom. The van der Waals surface area contributed by atoms with E-state index in [0.717, 1.165) is 10.8 Å². The Morgan fingerprint density at radius 2 is 1.91 bits per heavy atom. The number of aliphatic hydroxyl groups excluding tert-OH is 1. The largest absolute Gasteiger partial charge is 0.395 e. The molecule has 0 radical (unpaired) electrons. The lowest BCUT2D eigenvalue weighted by molar-refractivity contribution is 0.311. The van der Waals surface area contributed by atoms with Gasteiger partial charge in [0.2, 0.25) is 5.95 Å². The highest BCUT2D eigenvalue weighted by Gasteiger charge is 2.06. The number of nitrogens with two attached hydrogens (primary N) is 1. The predicted molar refractivity (Wildman–Crippen MR) is 87.0 cm³/mol. The first kappa shape index (κ1) is 14.0. The zero-order valence-corrected chi connectivity index (χ0v) is 11.8. The molecule has 3 rings (SSSR count). The van der Waals surface area contributed by atoms with Gasteiger partial charge in [0.05, 0.1) is 6.61 Å². The van der Waals surface area contributed by atoms with Gasteiger partial charge in [0.1, 0.15) is 17.5 Å². The molecule has 0 atom stereocenters. The second-order valence-corrected chi connectivity index (χ2v) is 4.65. The van der Waals surface area contributed by atoms with Crippen LogP contribution in [0.5, 0.6) is 0 Å². The first-order valence-corrected chi connectivity index (χ1v) is 6.86. The Bertz CT molecular complexity index is 787. The van der Waals surface area contributed by atoms with E-state index in [9.17, 15) is 0 Å². The van der Waals surface area contributed by atoms with Crippen molar-refractivity contribution in [2.24, 2.45) is 0 Å². The molecule has 0 saturated heterocycles. The van der Waals surface area contributed by atoms with Gasteiger partial charge in [0.25, 0.3) is 0 Å². The summed E-state index contributed by atoms with van der Waals surface area (Å²) in [5, 5.41) is 17.1. The molecule has 5 N–H and O–H groups in total. The molecule has 2 heterocycles. The minimum absolute atomic E-state index is 0.0115. The molecule has 22 heavy (non-hydrogen) atoms. The molecule has 0 aliphatic carbocycles. The number of nitrogens with zero attached hydrogens (tertiary/aromatic N) is 3. The minimum atomic E-state index is 0.0115. The Hall–Kier alpha value is -2.93. The van der Waals surface area contributed by atoms with Crippen LogP contribution in [0.4, 0.5) is 23.4 Å². The highest BCUT2D eigenvalue weighted by Crippen LogP contribution is 2.24. The number of aliphatic hydroxyl groups is 1. The number of anilines is 4. The number of benzene rings is 1. The van der Waals surface area contributed by atoms with Crippen molar-refractivity contribution in [3.05, 3.63) is 42.6 Å². The van der Waals surface area contributed by atoms with Gasteiger partial charge in [-0.15, -0.1) is 0 Å². The van der Waals surface area contributed by atoms with Crippen molar-refractivity contribution < 1.29 is 5.11 Å². The number of aromatic nitrogens is 3. The van der Waals surface area contributed by atoms with Gasteiger partial charge in [0.15, 0.2) is 0 Å². The van der Waals surface area contributed by atoms with E-state index in [1.165, 1.54) is 0 Å². The van der Waals surface area contributed by atoms with Crippen molar-refractivity contribution in [3.63, 3.8) is 0 Å². The van der Waals surface area contributed by atoms with Crippen molar-refractivity contribution in [1.29, 1.82) is 0 Å². The fourth-order valence-corrected chi connectivity index (χ4v) is 2.15. The van der Waals surface area contributed by atoms with Crippen LogP contribution in [0, 0.1) is 0 Å². The van der Waals surface area contributed by atoms with Gasteiger partial charge in [0, 0.05) is 24.2 Å². The molecule has 112 valence electrons. The normalized spacial score (nSPS) is 10.6. The molecule has 2 aromatic heterocycles. The molecule has 3 aromatic rings. The molecule has 1 aromatic carbocycles. The van der Waals surface area contributed by atoms with Gasteiger partial charge in [-0.1, -0.05) is 24.3 Å². The predicted octanol–water partition coefficient (Wildman–Crippen LogP) is 1.75. The Kier molecular flexibility index (Phi) is 3.97. The van der Waals surface area contributed by atoms with Gasteiger partial charge in [-0.2, -0.15) is 9.97 Å². The van der Waals surface area contributed by atoms with Gasteiger partial charge in [-0.05, 0) is 11.5 Å². The Balaban J connectivity index is 1.93. The lowest BCUT2D eigenvalue weighted by Crippen LogP contribution is -2.09. The number of pyridine rings is 1. The van der Waals surface area contributed by atoms with Crippen molar-refractivity contribution in [3.8, 4) is 0 Å². The molecular weight excluding hydrogens is 280 g/mol. The second kappa shape index (κ2) is 6.23. The summed E-state index contributed by atoms with van der Waals surface area (Å²) in [5.41, 5.74) is 5.71. The summed E-state index contributed by atoms with van der Waals surface area (Å²) in [5.74, 6) is 1.93. The maximum absolute atomic E-state index is 8.86. The maximum atomic E-state index is 8.86. The zero-order valence-electron chi connectivity index (χ0n) is 11.8. The number of rotatable bonds is 5.